The Morgan fingerprint density at radius 2 is 1.84 bits per heavy atom. The number of hydrazine groups is 2. The van der Waals surface area contributed by atoms with Crippen molar-refractivity contribution in [2.75, 3.05) is 19.5 Å². The summed E-state index contributed by atoms with van der Waals surface area (Å²) in [5.74, 6) is -0.437. The van der Waals surface area contributed by atoms with E-state index >= 15 is 0 Å². The van der Waals surface area contributed by atoms with Crippen LogP contribution in [0.2, 0.25) is 0 Å². The van der Waals surface area contributed by atoms with Gasteiger partial charge in [0.15, 0.2) is 0 Å². The van der Waals surface area contributed by atoms with Crippen molar-refractivity contribution < 1.29 is 9.59 Å². The molecule has 0 spiro atoms. The molecule has 2 rings (SSSR count). The fourth-order valence-electron chi connectivity index (χ4n) is 1.96. The maximum Gasteiger partial charge on any atom is 0.263 e. The first-order valence-corrected chi connectivity index (χ1v) is 6.11. The lowest BCUT2D eigenvalue weighted by molar-refractivity contribution is -0.153. The van der Waals surface area contributed by atoms with E-state index in [9.17, 15) is 9.59 Å². The molecule has 1 aromatic carbocycles. The Bertz CT molecular complexity index is 484. The molecular formula is C13H18N4O2. The maximum absolute atomic E-state index is 12.0. The van der Waals surface area contributed by atoms with Crippen LogP contribution in [0.15, 0.2) is 24.3 Å². The molecule has 6 heteroatoms. The standard InChI is InChI=1S/C13H18N4O2/c1-9-4-6-10(7-5-9)14-15-11-8-12(18)17(13(11)19)16(2)3/h4-7,11,14-15H,8H2,1-3H3/t11-/m1/s1. The van der Waals surface area contributed by atoms with Gasteiger partial charge in [0.05, 0.1) is 6.42 Å². The third-order valence-corrected chi connectivity index (χ3v) is 2.96. The molecule has 19 heavy (non-hydrogen) atoms. The molecule has 0 radical (unpaired) electrons. The van der Waals surface area contributed by atoms with Gasteiger partial charge in [0, 0.05) is 19.8 Å². The van der Waals surface area contributed by atoms with Gasteiger partial charge in [0.2, 0.25) is 5.91 Å². The number of nitrogens with one attached hydrogen (secondary N) is 2. The molecule has 2 N–H and O–H groups in total. The summed E-state index contributed by atoms with van der Waals surface area (Å²) in [6.45, 7) is 2.01. The highest BCUT2D eigenvalue weighted by atomic mass is 16.2. The molecule has 1 saturated heterocycles. The Morgan fingerprint density at radius 1 is 1.21 bits per heavy atom. The van der Waals surface area contributed by atoms with E-state index in [4.69, 9.17) is 0 Å². The van der Waals surface area contributed by atoms with Gasteiger partial charge in [-0.15, -0.1) is 0 Å². The summed E-state index contributed by atoms with van der Waals surface area (Å²) < 4.78 is 0. The molecule has 1 aliphatic rings. The maximum atomic E-state index is 12.0. The molecule has 1 fully saturated rings. The normalized spacial score (nSPS) is 19.4. The van der Waals surface area contributed by atoms with Crippen molar-refractivity contribution in [3.8, 4) is 0 Å². The number of benzene rings is 1. The van der Waals surface area contributed by atoms with Gasteiger partial charge in [-0.05, 0) is 19.1 Å². The van der Waals surface area contributed by atoms with Gasteiger partial charge < -0.3 is 5.43 Å². The summed E-state index contributed by atoms with van der Waals surface area (Å²) in [5.41, 5.74) is 7.87. The molecule has 2 amide bonds. The lowest BCUT2D eigenvalue weighted by Gasteiger charge is -2.22. The fraction of sp³-hybridized carbons (Fsp3) is 0.385. The highest BCUT2D eigenvalue weighted by Crippen LogP contribution is 2.14. The van der Waals surface area contributed by atoms with Crippen molar-refractivity contribution in [1.29, 1.82) is 0 Å². The van der Waals surface area contributed by atoms with Crippen LogP contribution in [0.3, 0.4) is 0 Å². The lowest BCUT2D eigenvalue weighted by atomic mass is 10.2. The summed E-state index contributed by atoms with van der Waals surface area (Å²) in [4.78, 5) is 23.7. The highest BCUT2D eigenvalue weighted by Gasteiger charge is 2.39. The molecule has 1 aromatic rings. The van der Waals surface area contributed by atoms with Crippen LogP contribution in [0.5, 0.6) is 0 Å². The van der Waals surface area contributed by atoms with E-state index in [2.05, 4.69) is 10.9 Å². The predicted molar refractivity (Wildman–Crippen MR) is 71.9 cm³/mol. The summed E-state index contributed by atoms with van der Waals surface area (Å²) in [5, 5.41) is 2.65. The number of hydrogen-bond donors (Lipinski definition) is 2. The number of anilines is 1. The molecule has 1 aliphatic heterocycles. The first-order chi connectivity index (χ1) is 8.99. The minimum absolute atomic E-state index is 0.163. The molecule has 102 valence electrons. The van der Waals surface area contributed by atoms with Gasteiger partial charge in [0.1, 0.15) is 6.04 Å². The van der Waals surface area contributed by atoms with Crippen LogP contribution in [0.25, 0.3) is 0 Å². The van der Waals surface area contributed by atoms with Crippen LogP contribution < -0.4 is 10.9 Å². The van der Waals surface area contributed by atoms with E-state index in [1.807, 2.05) is 31.2 Å². The quantitative estimate of drug-likeness (QED) is 0.611. The minimum atomic E-state index is -0.531. The topological polar surface area (TPSA) is 64.7 Å². The number of carbonyl (C=O) groups is 2. The summed E-state index contributed by atoms with van der Waals surface area (Å²) in [6, 6.07) is 7.23. The Labute approximate surface area is 112 Å². The number of imide groups is 1. The van der Waals surface area contributed by atoms with Crippen LogP contribution in [0.4, 0.5) is 5.69 Å². The van der Waals surface area contributed by atoms with Gasteiger partial charge in [-0.2, -0.15) is 0 Å². The van der Waals surface area contributed by atoms with Gasteiger partial charge in [-0.25, -0.2) is 15.4 Å². The Kier molecular flexibility index (Phi) is 3.82. The number of amides is 2. The van der Waals surface area contributed by atoms with Gasteiger partial charge in [0.25, 0.3) is 5.91 Å². The molecule has 0 aliphatic carbocycles. The van der Waals surface area contributed by atoms with Gasteiger partial charge in [-0.1, -0.05) is 17.7 Å². The third kappa shape index (κ3) is 2.91. The van der Waals surface area contributed by atoms with Crippen LogP contribution >= 0.6 is 0 Å². The van der Waals surface area contributed by atoms with Crippen molar-refractivity contribution >= 4 is 17.5 Å². The first kappa shape index (κ1) is 13.5. The molecule has 0 bridgehead atoms. The van der Waals surface area contributed by atoms with Crippen LogP contribution in [0.1, 0.15) is 12.0 Å². The number of nitrogens with zero attached hydrogens (tertiary/aromatic N) is 2. The number of aryl methyl sites for hydroxylation is 1. The Morgan fingerprint density at radius 3 is 2.37 bits per heavy atom. The van der Waals surface area contributed by atoms with Crippen LogP contribution in [-0.4, -0.2) is 42.0 Å². The SMILES string of the molecule is Cc1ccc(NN[C@@H]2CC(=O)N(N(C)C)C2=O)cc1. The minimum Gasteiger partial charge on any atom is -0.321 e. The van der Waals surface area contributed by atoms with Crippen LogP contribution in [0, 0.1) is 6.92 Å². The first-order valence-electron chi connectivity index (χ1n) is 6.11. The van der Waals surface area contributed by atoms with E-state index in [0.29, 0.717) is 0 Å². The van der Waals surface area contributed by atoms with E-state index < -0.39 is 6.04 Å². The van der Waals surface area contributed by atoms with E-state index in [1.54, 1.807) is 14.1 Å². The van der Waals surface area contributed by atoms with E-state index in [0.717, 1.165) is 16.3 Å². The summed E-state index contributed by atoms with van der Waals surface area (Å²) >= 11 is 0. The zero-order chi connectivity index (χ0) is 14.0. The van der Waals surface area contributed by atoms with E-state index in [-0.39, 0.29) is 18.2 Å². The van der Waals surface area contributed by atoms with Crippen molar-refractivity contribution in [3.63, 3.8) is 0 Å². The molecule has 0 aromatic heterocycles. The van der Waals surface area contributed by atoms with Gasteiger partial charge >= 0.3 is 0 Å². The predicted octanol–water partition coefficient (Wildman–Crippen LogP) is 0.516. The van der Waals surface area contributed by atoms with Crippen molar-refractivity contribution in [2.45, 2.75) is 19.4 Å². The molecule has 1 heterocycles. The Hall–Kier alpha value is -1.92. The molecule has 0 saturated carbocycles. The molecule has 6 nitrogen and oxygen atoms in total. The Balaban J connectivity index is 1.96. The number of hydrogen-bond acceptors (Lipinski definition) is 5. The third-order valence-electron chi connectivity index (χ3n) is 2.96. The fourth-order valence-corrected chi connectivity index (χ4v) is 1.96. The lowest BCUT2D eigenvalue weighted by Crippen LogP contribution is -2.46. The second kappa shape index (κ2) is 5.38. The van der Waals surface area contributed by atoms with Crippen molar-refractivity contribution in [3.05, 3.63) is 29.8 Å². The average molecular weight is 262 g/mol. The van der Waals surface area contributed by atoms with Gasteiger partial charge in [-0.3, -0.25) is 9.59 Å². The molecule has 1 atom stereocenters. The molecule has 0 unspecified atom stereocenters. The van der Waals surface area contributed by atoms with Crippen molar-refractivity contribution in [1.82, 2.24) is 15.4 Å². The highest BCUT2D eigenvalue weighted by molar-refractivity contribution is 6.05. The zero-order valence-electron chi connectivity index (χ0n) is 11.3. The number of rotatable bonds is 4. The smallest absolute Gasteiger partial charge is 0.263 e. The largest absolute Gasteiger partial charge is 0.321 e. The van der Waals surface area contributed by atoms with E-state index in [1.165, 1.54) is 5.01 Å². The van der Waals surface area contributed by atoms with Crippen LogP contribution in [-0.2, 0) is 9.59 Å². The van der Waals surface area contributed by atoms with Crippen molar-refractivity contribution in [2.24, 2.45) is 0 Å². The second-order valence-electron chi connectivity index (χ2n) is 4.78. The number of carbonyl (C=O) groups excluding carboxylic acids is 2. The summed E-state index contributed by atoms with van der Waals surface area (Å²) in [7, 11) is 3.34. The molecular weight excluding hydrogens is 244 g/mol. The zero-order valence-corrected chi connectivity index (χ0v) is 11.3. The summed E-state index contributed by atoms with van der Waals surface area (Å²) in [6.07, 6.45) is 0.163. The second-order valence-corrected chi connectivity index (χ2v) is 4.78. The monoisotopic (exact) mass is 262 g/mol. The average Bonchev–Trinajstić information content (AvgIpc) is 2.63.